The molecule has 0 spiro atoms. The van der Waals surface area contributed by atoms with Crippen LogP contribution in [0.4, 0.5) is 0 Å². The van der Waals surface area contributed by atoms with Gasteiger partial charge in [0.15, 0.2) is 0 Å². The number of aliphatic hydroxyl groups excluding tert-OH is 2. The van der Waals surface area contributed by atoms with Gasteiger partial charge in [-0.2, -0.15) is 0 Å². The summed E-state index contributed by atoms with van der Waals surface area (Å²) in [6.45, 7) is -0.378. The molecule has 1 aliphatic rings. The summed E-state index contributed by atoms with van der Waals surface area (Å²) in [5, 5.41) is 31.7. The molecule has 3 aromatic heterocycles. The number of aromatic nitrogens is 5. The van der Waals surface area contributed by atoms with Gasteiger partial charge in [-0.1, -0.05) is 34.5 Å². The number of thiazole rings is 1. The predicted molar refractivity (Wildman–Crippen MR) is 116 cm³/mol. The molecule has 0 aliphatic carbocycles. The average Bonchev–Trinajstić information content (AvgIpc) is 3.43. The van der Waals surface area contributed by atoms with Gasteiger partial charge in [-0.3, -0.25) is 4.98 Å². The average molecular weight is 480 g/mol. The van der Waals surface area contributed by atoms with Gasteiger partial charge < -0.3 is 19.7 Å². The van der Waals surface area contributed by atoms with E-state index in [0.717, 1.165) is 4.90 Å². The normalized spacial score (nSPS) is 26.0. The summed E-state index contributed by atoms with van der Waals surface area (Å²) in [5.74, 6) is 2.55. The minimum absolute atomic E-state index is 0.370. The number of aliphatic hydroxyl groups is 2. The fraction of sp³-hybridized carbons (Fsp3) is 0.368. The zero-order valence-corrected chi connectivity index (χ0v) is 18.6. The summed E-state index contributed by atoms with van der Waals surface area (Å²) in [4.78, 5) is 9.11. The van der Waals surface area contributed by atoms with E-state index in [1.54, 1.807) is 24.0 Å². The van der Waals surface area contributed by atoms with Gasteiger partial charge in [0.25, 0.3) is 0 Å². The molecule has 12 heteroatoms. The van der Waals surface area contributed by atoms with Crippen LogP contribution in [0.3, 0.4) is 0 Å². The van der Waals surface area contributed by atoms with Crippen LogP contribution in [0.5, 0.6) is 0 Å². The van der Waals surface area contributed by atoms with Gasteiger partial charge in [0.1, 0.15) is 45.6 Å². The largest absolute Gasteiger partial charge is 0.394 e. The topological polar surface area (TPSA) is 115 Å². The zero-order chi connectivity index (χ0) is 22.0. The lowest BCUT2D eigenvalue weighted by Gasteiger charge is -2.43. The smallest absolute Gasteiger partial charge is 0.147 e. The second-order valence-corrected chi connectivity index (χ2v) is 9.05. The Bertz CT molecular complexity index is 1090. The fourth-order valence-electron chi connectivity index (χ4n) is 3.30. The first-order chi connectivity index (χ1) is 15.0. The summed E-state index contributed by atoms with van der Waals surface area (Å²) in [6.07, 6.45) is 7.83. The third-order valence-corrected chi connectivity index (χ3v) is 7.03. The number of pyridine rings is 1. The summed E-state index contributed by atoms with van der Waals surface area (Å²) in [5.41, 5.74) is 0.571. The first kappa shape index (κ1) is 22.2. The fourth-order valence-corrected chi connectivity index (χ4v) is 5.38. The van der Waals surface area contributed by atoms with Crippen LogP contribution < -0.4 is 0 Å². The second-order valence-electron chi connectivity index (χ2n) is 6.64. The minimum atomic E-state index is -1.09. The Labute approximate surface area is 191 Å². The van der Waals surface area contributed by atoms with Gasteiger partial charge in [0.2, 0.25) is 0 Å². The Kier molecular flexibility index (Phi) is 6.88. The number of terminal acetylenes is 1. The van der Waals surface area contributed by atoms with E-state index in [2.05, 4.69) is 26.2 Å². The highest BCUT2D eigenvalue weighted by atomic mass is 35.5. The van der Waals surface area contributed by atoms with Crippen molar-refractivity contribution in [1.82, 2.24) is 25.0 Å². The van der Waals surface area contributed by atoms with Crippen molar-refractivity contribution < 1.29 is 19.7 Å². The van der Waals surface area contributed by atoms with E-state index in [1.807, 2.05) is 6.07 Å². The molecule has 0 amide bonds. The van der Waals surface area contributed by atoms with Crippen LogP contribution in [-0.4, -0.2) is 72.6 Å². The number of hydrogen-bond donors (Lipinski definition) is 2. The Balaban J connectivity index is 1.65. The van der Waals surface area contributed by atoms with E-state index in [4.69, 9.17) is 27.5 Å². The molecule has 3 aromatic rings. The number of nitrogens with zero attached hydrogens (tertiary/aromatic N) is 5. The van der Waals surface area contributed by atoms with Gasteiger partial charge in [-0.05, 0) is 6.07 Å². The number of rotatable bonds is 6. The van der Waals surface area contributed by atoms with Crippen molar-refractivity contribution in [3.63, 3.8) is 0 Å². The predicted octanol–water partition coefficient (Wildman–Crippen LogP) is 1.86. The number of methoxy groups -OCH3 is 1. The van der Waals surface area contributed by atoms with E-state index in [1.165, 1.54) is 34.9 Å². The molecule has 1 saturated heterocycles. The molecule has 4 rings (SSSR count). The van der Waals surface area contributed by atoms with Crippen LogP contribution in [0.2, 0.25) is 5.15 Å². The third kappa shape index (κ3) is 4.61. The second kappa shape index (κ2) is 9.62. The lowest BCUT2D eigenvalue weighted by molar-refractivity contribution is -0.186. The molecule has 2 N–H and O–H groups in total. The van der Waals surface area contributed by atoms with E-state index in [-0.39, 0.29) is 6.61 Å². The Morgan fingerprint density at radius 1 is 1.45 bits per heavy atom. The van der Waals surface area contributed by atoms with E-state index >= 15 is 0 Å². The van der Waals surface area contributed by atoms with Crippen LogP contribution >= 0.6 is 34.7 Å². The number of ether oxygens (including phenoxy) is 2. The van der Waals surface area contributed by atoms with Gasteiger partial charge in [0, 0.05) is 35.3 Å². The molecule has 9 nitrogen and oxygen atoms in total. The molecule has 0 bridgehead atoms. The molecule has 162 valence electrons. The van der Waals surface area contributed by atoms with E-state index in [0.29, 0.717) is 21.4 Å². The van der Waals surface area contributed by atoms with Crippen molar-refractivity contribution in [1.29, 1.82) is 0 Å². The maximum Gasteiger partial charge on any atom is 0.147 e. The highest BCUT2D eigenvalue weighted by Crippen LogP contribution is 2.39. The van der Waals surface area contributed by atoms with Crippen LogP contribution in [0.25, 0.3) is 10.7 Å². The van der Waals surface area contributed by atoms with Gasteiger partial charge in [-0.15, -0.1) is 22.9 Å². The van der Waals surface area contributed by atoms with Crippen molar-refractivity contribution >= 4 is 34.7 Å². The Morgan fingerprint density at radius 2 is 2.29 bits per heavy atom. The van der Waals surface area contributed by atoms with Crippen molar-refractivity contribution in [3.8, 4) is 23.0 Å². The minimum Gasteiger partial charge on any atom is -0.394 e. The van der Waals surface area contributed by atoms with Crippen molar-refractivity contribution in [2.45, 2.75) is 34.7 Å². The van der Waals surface area contributed by atoms with Crippen molar-refractivity contribution in [2.24, 2.45) is 0 Å². The molecular weight excluding hydrogens is 462 g/mol. The quantitative estimate of drug-likeness (QED) is 0.511. The summed E-state index contributed by atoms with van der Waals surface area (Å²) < 4.78 is 13.2. The molecule has 5 atom stereocenters. The SMILES string of the molecule is C#Cc1cncc(S[C@H]2O[C@H](CO)[C@H](O)[C@H](n3cc(-c4nc(Cl)cs4)nn3)[C@H]2OC)c1. The molecule has 31 heavy (non-hydrogen) atoms. The first-order valence-corrected chi connectivity index (χ1v) is 11.3. The molecule has 1 aliphatic heterocycles. The Hall–Kier alpha value is -2.04. The van der Waals surface area contributed by atoms with Gasteiger partial charge in [-0.25, -0.2) is 9.67 Å². The van der Waals surface area contributed by atoms with Crippen LogP contribution in [-0.2, 0) is 9.47 Å². The molecule has 0 saturated carbocycles. The van der Waals surface area contributed by atoms with Gasteiger partial charge >= 0.3 is 0 Å². The van der Waals surface area contributed by atoms with Crippen LogP contribution in [0.1, 0.15) is 11.6 Å². The summed E-state index contributed by atoms with van der Waals surface area (Å²) >= 11 is 8.58. The molecular formula is C19H18ClN5O4S2. The van der Waals surface area contributed by atoms with Crippen molar-refractivity contribution in [2.75, 3.05) is 13.7 Å². The highest BCUT2D eigenvalue weighted by molar-refractivity contribution is 7.99. The maximum absolute atomic E-state index is 10.9. The Morgan fingerprint density at radius 3 is 2.97 bits per heavy atom. The molecule has 0 unspecified atom stereocenters. The molecule has 1 fully saturated rings. The van der Waals surface area contributed by atoms with Gasteiger partial charge in [0.05, 0.1) is 12.8 Å². The molecule has 0 radical (unpaired) electrons. The molecule has 4 heterocycles. The standard InChI is InChI=1S/C19H18ClN5O4S2/c1-3-10-4-11(6-21-5-10)31-19-17(28-2)15(16(27)13(8-26)29-19)25-7-12(23-24-25)18-22-14(20)9-30-18/h1,4-7,9,13,15-17,19,26-27H,8H2,2H3/t13-,15+,16+,17-,19-/m1/s1. The van der Waals surface area contributed by atoms with Crippen LogP contribution in [0.15, 0.2) is 34.9 Å². The highest BCUT2D eigenvalue weighted by Gasteiger charge is 2.47. The lowest BCUT2D eigenvalue weighted by atomic mass is 9.97. The number of hydrogen-bond acceptors (Lipinski definition) is 10. The van der Waals surface area contributed by atoms with E-state index < -0.39 is 29.8 Å². The van der Waals surface area contributed by atoms with E-state index in [9.17, 15) is 10.2 Å². The number of halogens is 1. The monoisotopic (exact) mass is 479 g/mol. The number of thioether (sulfide) groups is 1. The lowest BCUT2D eigenvalue weighted by Crippen LogP contribution is -2.55. The van der Waals surface area contributed by atoms with Crippen molar-refractivity contribution in [3.05, 3.63) is 40.8 Å². The third-order valence-electron chi connectivity index (χ3n) is 4.74. The maximum atomic E-state index is 10.9. The first-order valence-electron chi connectivity index (χ1n) is 9.12. The summed E-state index contributed by atoms with van der Waals surface area (Å²) in [6, 6.07) is 1.13. The van der Waals surface area contributed by atoms with Crippen LogP contribution in [0, 0.1) is 12.3 Å². The molecule has 0 aromatic carbocycles. The zero-order valence-electron chi connectivity index (χ0n) is 16.2. The summed E-state index contributed by atoms with van der Waals surface area (Å²) in [7, 11) is 1.52.